The van der Waals surface area contributed by atoms with Gasteiger partial charge in [0.05, 0.1) is 11.0 Å². The molecule has 0 N–H and O–H groups in total. The van der Waals surface area contributed by atoms with E-state index in [0.717, 1.165) is 12.8 Å². The molecule has 0 bridgehead atoms. The summed E-state index contributed by atoms with van der Waals surface area (Å²) in [6.07, 6.45) is 17.6. The topological polar surface area (TPSA) is 17.8 Å². The molecule has 51 heavy (non-hydrogen) atoms. The number of hydrogen-bond donors (Lipinski definition) is 0. The molecular weight excluding hydrogens is 617 g/mol. The molecule has 2 aromatic heterocycles. The molecule has 2 nitrogen and oxygen atoms in total. The first-order valence-corrected chi connectivity index (χ1v) is 18.2. The zero-order chi connectivity index (χ0) is 34.1. The molecule has 0 saturated carbocycles. The van der Waals surface area contributed by atoms with E-state index in [2.05, 4.69) is 169 Å². The Labute approximate surface area is 298 Å². The van der Waals surface area contributed by atoms with Gasteiger partial charge in [0.2, 0.25) is 0 Å². The molecule has 2 heteroatoms. The Kier molecular flexibility index (Phi) is 6.92. The first kappa shape index (κ1) is 29.9. The molecule has 0 radical (unpaired) electrons. The van der Waals surface area contributed by atoms with Gasteiger partial charge >= 0.3 is 0 Å². The highest BCUT2D eigenvalue weighted by molar-refractivity contribution is 6.16. The molecule has 8 aromatic rings. The number of nitrogens with zero attached hydrogens (tertiary/aromatic N) is 2. The van der Waals surface area contributed by atoms with Crippen LogP contribution in [0.4, 0.5) is 0 Å². The third-order valence-corrected chi connectivity index (χ3v) is 11.3. The van der Waals surface area contributed by atoms with Crippen LogP contribution in [0.5, 0.6) is 0 Å². The van der Waals surface area contributed by atoms with Crippen molar-refractivity contribution in [2.24, 2.45) is 11.8 Å². The SMILES string of the molecule is CC1C=Cc2c(c(-c3ccccc3)c3ccccc3c2-c2ccc(-c3ccc4c(c3)c3cnccc3n4C3=CC=CCC3C)c3ccccc23)C1. The Hall–Kier alpha value is -5.99. The molecule has 2 unspecified atom stereocenters. The second-order valence-electron chi connectivity index (χ2n) is 14.4. The molecule has 0 spiro atoms. The Bertz CT molecular complexity index is 2770. The van der Waals surface area contributed by atoms with Gasteiger partial charge in [-0.1, -0.05) is 135 Å². The lowest BCUT2D eigenvalue weighted by Crippen LogP contribution is -2.08. The number of benzene rings is 6. The van der Waals surface area contributed by atoms with Crippen LogP contribution >= 0.6 is 0 Å². The summed E-state index contributed by atoms with van der Waals surface area (Å²) in [6.45, 7) is 4.66. The zero-order valence-electron chi connectivity index (χ0n) is 29.0. The van der Waals surface area contributed by atoms with Crippen LogP contribution in [0.15, 0.2) is 152 Å². The summed E-state index contributed by atoms with van der Waals surface area (Å²) in [5.41, 5.74) is 14.3. The summed E-state index contributed by atoms with van der Waals surface area (Å²) in [4.78, 5) is 4.58. The van der Waals surface area contributed by atoms with E-state index in [-0.39, 0.29) is 0 Å². The minimum atomic E-state index is 0.444. The largest absolute Gasteiger partial charge is 0.313 e. The van der Waals surface area contributed by atoms with Gasteiger partial charge in [0.15, 0.2) is 0 Å². The molecule has 0 aliphatic heterocycles. The fourth-order valence-corrected chi connectivity index (χ4v) is 8.89. The van der Waals surface area contributed by atoms with Gasteiger partial charge in [0.25, 0.3) is 0 Å². The second-order valence-corrected chi connectivity index (χ2v) is 14.4. The summed E-state index contributed by atoms with van der Waals surface area (Å²) in [5, 5.41) is 7.59. The fraction of sp³-hybridized carbons (Fsp3) is 0.122. The van der Waals surface area contributed by atoms with E-state index in [4.69, 9.17) is 0 Å². The lowest BCUT2D eigenvalue weighted by Gasteiger charge is -2.26. The van der Waals surface area contributed by atoms with Gasteiger partial charge in [-0.3, -0.25) is 4.98 Å². The standard InChI is InChI=1S/C49H38N2/c1-31-20-22-41-43(28-31)48(33-13-4-3-5-14-33)38-17-9-10-18-39(38)49(41)40-24-23-35(36-15-7-8-16-37(36)40)34-21-25-46-42(29-34)44-30-50-27-26-47(44)51(46)45-19-11-6-12-32(45)2/h3-11,13-27,29-32H,12,28H2,1-2H3. The average Bonchev–Trinajstić information content (AvgIpc) is 3.50. The molecule has 6 aromatic carbocycles. The first-order valence-electron chi connectivity index (χ1n) is 18.2. The summed E-state index contributed by atoms with van der Waals surface area (Å²) in [7, 11) is 0. The van der Waals surface area contributed by atoms with Crippen LogP contribution in [0, 0.1) is 11.8 Å². The summed E-state index contributed by atoms with van der Waals surface area (Å²) < 4.78 is 2.45. The Balaban J connectivity index is 1.21. The van der Waals surface area contributed by atoms with Crippen molar-refractivity contribution in [3.8, 4) is 33.4 Å². The van der Waals surface area contributed by atoms with Crippen LogP contribution in [0.25, 0.3) is 88.5 Å². The van der Waals surface area contributed by atoms with E-state index in [1.165, 1.54) is 93.6 Å². The van der Waals surface area contributed by atoms with Crippen molar-refractivity contribution in [3.63, 3.8) is 0 Å². The molecule has 2 heterocycles. The summed E-state index contributed by atoms with van der Waals surface area (Å²) >= 11 is 0. The van der Waals surface area contributed by atoms with E-state index >= 15 is 0 Å². The molecular formula is C49H38N2. The van der Waals surface area contributed by atoms with Crippen molar-refractivity contribution in [2.75, 3.05) is 0 Å². The second kappa shape index (κ2) is 11.8. The molecule has 0 amide bonds. The van der Waals surface area contributed by atoms with E-state index in [1.54, 1.807) is 0 Å². The number of aromatic nitrogens is 2. The quantitative estimate of drug-likeness (QED) is 0.185. The van der Waals surface area contributed by atoms with Gasteiger partial charge in [-0.05, 0) is 109 Å². The van der Waals surface area contributed by atoms with Crippen molar-refractivity contribution in [2.45, 2.75) is 26.7 Å². The molecule has 0 saturated heterocycles. The third kappa shape index (κ3) is 4.67. The van der Waals surface area contributed by atoms with Gasteiger partial charge in [0, 0.05) is 34.8 Å². The molecule has 2 aliphatic carbocycles. The van der Waals surface area contributed by atoms with Gasteiger partial charge < -0.3 is 4.57 Å². The molecule has 10 rings (SSSR count). The summed E-state index contributed by atoms with van der Waals surface area (Å²) in [5.74, 6) is 0.929. The highest BCUT2D eigenvalue weighted by atomic mass is 15.0. The maximum absolute atomic E-state index is 4.58. The van der Waals surface area contributed by atoms with Crippen LogP contribution < -0.4 is 0 Å². The summed E-state index contributed by atoms with van der Waals surface area (Å²) in [6, 6.07) is 42.9. The number of allylic oxidation sites excluding steroid dienone is 5. The lowest BCUT2D eigenvalue weighted by molar-refractivity contribution is 0.719. The Morgan fingerprint density at radius 2 is 1.33 bits per heavy atom. The van der Waals surface area contributed by atoms with E-state index in [0.29, 0.717) is 11.8 Å². The van der Waals surface area contributed by atoms with Crippen molar-refractivity contribution in [1.82, 2.24) is 9.55 Å². The maximum atomic E-state index is 4.58. The number of hydrogen-bond acceptors (Lipinski definition) is 1. The maximum Gasteiger partial charge on any atom is 0.0568 e. The average molecular weight is 655 g/mol. The monoisotopic (exact) mass is 654 g/mol. The minimum absolute atomic E-state index is 0.444. The number of fused-ring (bicyclic) bond motifs is 6. The van der Waals surface area contributed by atoms with Crippen LogP contribution in [-0.4, -0.2) is 9.55 Å². The van der Waals surface area contributed by atoms with Crippen molar-refractivity contribution < 1.29 is 0 Å². The van der Waals surface area contributed by atoms with Gasteiger partial charge in [-0.25, -0.2) is 0 Å². The number of rotatable bonds is 4. The van der Waals surface area contributed by atoms with E-state index in [1.807, 2.05) is 12.4 Å². The van der Waals surface area contributed by atoms with Crippen molar-refractivity contribution >= 4 is 55.1 Å². The van der Waals surface area contributed by atoms with Crippen LogP contribution in [-0.2, 0) is 6.42 Å². The highest BCUT2D eigenvalue weighted by Crippen LogP contribution is 2.48. The van der Waals surface area contributed by atoms with Crippen LogP contribution in [0.3, 0.4) is 0 Å². The predicted molar refractivity (Wildman–Crippen MR) is 218 cm³/mol. The van der Waals surface area contributed by atoms with Crippen molar-refractivity contribution in [1.29, 1.82) is 0 Å². The first-order chi connectivity index (χ1) is 25.2. The van der Waals surface area contributed by atoms with Crippen molar-refractivity contribution in [3.05, 3.63) is 163 Å². The lowest BCUT2D eigenvalue weighted by atomic mass is 9.77. The normalized spacial score (nSPS) is 17.0. The van der Waals surface area contributed by atoms with E-state index < -0.39 is 0 Å². The van der Waals surface area contributed by atoms with Gasteiger partial charge in [-0.15, -0.1) is 0 Å². The highest BCUT2D eigenvalue weighted by Gasteiger charge is 2.25. The Morgan fingerprint density at radius 3 is 2.14 bits per heavy atom. The molecule has 0 fully saturated rings. The van der Waals surface area contributed by atoms with Crippen LogP contribution in [0.1, 0.15) is 31.4 Å². The minimum Gasteiger partial charge on any atom is -0.313 e. The van der Waals surface area contributed by atoms with E-state index in [9.17, 15) is 0 Å². The van der Waals surface area contributed by atoms with Crippen LogP contribution in [0.2, 0.25) is 0 Å². The van der Waals surface area contributed by atoms with Gasteiger partial charge in [-0.2, -0.15) is 0 Å². The third-order valence-electron chi connectivity index (χ3n) is 11.3. The molecule has 244 valence electrons. The van der Waals surface area contributed by atoms with Gasteiger partial charge in [0.1, 0.15) is 0 Å². The Morgan fingerprint density at radius 1 is 0.627 bits per heavy atom. The molecule has 2 aliphatic rings. The smallest absolute Gasteiger partial charge is 0.0568 e. The molecule has 2 atom stereocenters. The predicted octanol–water partition coefficient (Wildman–Crippen LogP) is 13.1. The fourth-order valence-electron chi connectivity index (χ4n) is 8.89. The number of pyridine rings is 1. The zero-order valence-corrected chi connectivity index (χ0v) is 29.0.